The minimum Gasteiger partial charge on any atom is -0.485 e. The van der Waals surface area contributed by atoms with Crippen LogP contribution in [0.3, 0.4) is 0 Å². The Hall–Kier alpha value is -2.22. The lowest BCUT2D eigenvalue weighted by Crippen LogP contribution is -2.15. The largest absolute Gasteiger partial charge is 0.485 e. The van der Waals surface area contributed by atoms with Gasteiger partial charge in [-0.3, -0.25) is 4.79 Å². The third kappa shape index (κ3) is 5.47. The maximum atomic E-state index is 12.3. The quantitative estimate of drug-likeness (QED) is 0.443. The van der Waals surface area contributed by atoms with Gasteiger partial charge in [0.05, 0.1) is 16.5 Å². The Morgan fingerprint density at radius 1 is 1.17 bits per heavy atom. The smallest absolute Gasteiger partial charge is 0.234 e. The van der Waals surface area contributed by atoms with Crippen LogP contribution in [0.5, 0.6) is 5.75 Å². The lowest BCUT2D eigenvalue weighted by atomic mass is 10.1. The molecule has 0 bridgehead atoms. The van der Waals surface area contributed by atoms with Crippen LogP contribution in [0.1, 0.15) is 23.9 Å². The Balaban J connectivity index is 1.62. The van der Waals surface area contributed by atoms with Gasteiger partial charge in [-0.25, -0.2) is 0 Å². The Kier molecular flexibility index (Phi) is 7.64. The van der Waals surface area contributed by atoms with E-state index in [1.807, 2.05) is 43.5 Å². The number of halogens is 2. The molecule has 1 N–H and O–H groups in total. The zero-order valence-corrected chi connectivity index (χ0v) is 19.2. The van der Waals surface area contributed by atoms with Crippen molar-refractivity contribution in [3.05, 3.63) is 63.4 Å². The van der Waals surface area contributed by atoms with Crippen LogP contribution in [0.4, 0.5) is 5.69 Å². The molecule has 0 saturated heterocycles. The van der Waals surface area contributed by atoms with Crippen LogP contribution in [0.15, 0.2) is 41.6 Å². The Bertz CT molecular complexity index is 1040. The van der Waals surface area contributed by atoms with Crippen LogP contribution < -0.4 is 10.1 Å². The molecule has 158 valence electrons. The molecular weight excluding hydrogens is 443 g/mol. The molecule has 3 rings (SSSR count). The van der Waals surface area contributed by atoms with E-state index in [9.17, 15) is 4.79 Å². The average Bonchev–Trinajstić information content (AvgIpc) is 3.10. The first-order valence-electron chi connectivity index (χ1n) is 9.37. The number of nitrogens with zero attached hydrogens (tertiary/aromatic N) is 3. The van der Waals surface area contributed by atoms with Crippen LogP contribution >= 0.6 is 35.0 Å². The van der Waals surface area contributed by atoms with Crippen LogP contribution in [0.2, 0.25) is 10.0 Å². The SMILES string of the molecule is CCn1c(COc2c(C)cccc2C)nnc1SCC(=O)Nc1cc(Cl)ccc1Cl. The van der Waals surface area contributed by atoms with E-state index >= 15 is 0 Å². The second-order valence-electron chi connectivity index (χ2n) is 6.61. The number of carbonyl (C=O) groups excluding carboxylic acids is 1. The van der Waals surface area contributed by atoms with Gasteiger partial charge in [-0.15, -0.1) is 10.2 Å². The lowest BCUT2D eigenvalue weighted by molar-refractivity contribution is -0.113. The first-order valence-corrected chi connectivity index (χ1v) is 11.1. The molecule has 2 aromatic carbocycles. The molecule has 0 unspecified atom stereocenters. The number of aryl methyl sites for hydroxylation is 2. The first kappa shape index (κ1) is 22.5. The maximum Gasteiger partial charge on any atom is 0.234 e. The number of nitrogens with one attached hydrogen (secondary N) is 1. The van der Waals surface area contributed by atoms with E-state index in [4.69, 9.17) is 27.9 Å². The van der Waals surface area contributed by atoms with Crippen molar-refractivity contribution < 1.29 is 9.53 Å². The summed E-state index contributed by atoms with van der Waals surface area (Å²) in [6.45, 7) is 7.00. The number of amides is 1. The predicted octanol–water partition coefficient (Wildman–Crippen LogP) is 5.53. The van der Waals surface area contributed by atoms with E-state index in [2.05, 4.69) is 15.5 Å². The zero-order valence-electron chi connectivity index (χ0n) is 16.9. The van der Waals surface area contributed by atoms with Crippen molar-refractivity contribution in [1.29, 1.82) is 0 Å². The summed E-state index contributed by atoms with van der Waals surface area (Å²) in [6.07, 6.45) is 0. The normalized spacial score (nSPS) is 10.8. The molecule has 1 amide bonds. The van der Waals surface area contributed by atoms with Crippen LogP contribution in [-0.2, 0) is 17.9 Å². The van der Waals surface area contributed by atoms with E-state index in [0.29, 0.717) is 39.9 Å². The topological polar surface area (TPSA) is 69.0 Å². The molecule has 0 aliphatic carbocycles. The molecule has 6 nitrogen and oxygen atoms in total. The summed E-state index contributed by atoms with van der Waals surface area (Å²) in [5, 5.41) is 12.8. The van der Waals surface area contributed by atoms with Gasteiger partial charge < -0.3 is 14.6 Å². The summed E-state index contributed by atoms with van der Waals surface area (Å²) in [6, 6.07) is 11.0. The van der Waals surface area contributed by atoms with E-state index < -0.39 is 0 Å². The number of rotatable bonds is 8. The van der Waals surface area contributed by atoms with Gasteiger partial charge in [0.15, 0.2) is 11.0 Å². The molecule has 1 heterocycles. The molecule has 0 atom stereocenters. The Morgan fingerprint density at radius 3 is 2.60 bits per heavy atom. The fraction of sp³-hybridized carbons (Fsp3) is 0.286. The molecule has 0 saturated carbocycles. The van der Waals surface area contributed by atoms with Gasteiger partial charge in [0.1, 0.15) is 12.4 Å². The van der Waals surface area contributed by atoms with Crippen molar-refractivity contribution in [2.75, 3.05) is 11.1 Å². The minimum absolute atomic E-state index is 0.165. The van der Waals surface area contributed by atoms with E-state index in [-0.39, 0.29) is 11.7 Å². The van der Waals surface area contributed by atoms with E-state index in [0.717, 1.165) is 16.9 Å². The second-order valence-corrected chi connectivity index (χ2v) is 8.40. The standard InChI is InChI=1S/C21H22Cl2N4O2S/c1-4-27-18(11-29-20-13(2)6-5-7-14(20)3)25-26-21(27)30-12-19(28)24-17-10-15(22)8-9-16(17)23/h5-10H,4,11-12H2,1-3H3,(H,24,28). The first-order chi connectivity index (χ1) is 14.4. The van der Waals surface area contributed by atoms with Crippen molar-refractivity contribution in [3.63, 3.8) is 0 Å². The van der Waals surface area contributed by atoms with Crippen molar-refractivity contribution in [2.45, 2.75) is 39.1 Å². The van der Waals surface area contributed by atoms with Gasteiger partial charge in [-0.1, -0.05) is 53.2 Å². The summed E-state index contributed by atoms with van der Waals surface area (Å²) in [7, 11) is 0. The molecule has 9 heteroatoms. The van der Waals surface area contributed by atoms with E-state index in [1.54, 1.807) is 18.2 Å². The number of anilines is 1. The van der Waals surface area contributed by atoms with Gasteiger partial charge in [-0.2, -0.15) is 0 Å². The third-order valence-electron chi connectivity index (χ3n) is 4.40. The Labute approximate surface area is 189 Å². The molecule has 0 aliphatic rings. The monoisotopic (exact) mass is 464 g/mol. The van der Waals surface area contributed by atoms with Crippen LogP contribution in [0.25, 0.3) is 0 Å². The number of aromatic nitrogens is 3. The van der Waals surface area contributed by atoms with Crippen LogP contribution in [0, 0.1) is 13.8 Å². The molecule has 0 radical (unpaired) electrons. The van der Waals surface area contributed by atoms with Gasteiger partial charge in [0.25, 0.3) is 0 Å². The van der Waals surface area contributed by atoms with Crippen molar-refractivity contribution in [3.8, 4) is 5.75 Å². The predicted molar refractivity (Wildman–Crippen MR) is 122 cm³/mol. The van der Waals surface area contributed by atoms with Gasteiger partial charge >= 0.3 is 0 Å². The average molecular weight is 465 g/mol. The summed E-state index contributed by atoms with van der Waals surface area (Å²) in [5.74, 6) is 1.53. The van der Waals surface area contributed by atoms with Crippen molar-refractivity contribution in [2.24, 2.45) is 0 Å². The highest BCUT2D eigenvalue weighted by atomic mass is 35.5. The third-order valence-corrected chi connectivity index (χ3v) is 5.93. The lowest BCUT2D eigenvalue weighted by Gasteiger charge is -2.12. The molecular formula is C21H22Cl2N4O2S. The molecule has 3 aromatic rings. The zero-order chi connectivity index (χ0) is 21.7. The maximum absolute atomic E-state index is 12.3. The molecule has 0 fully saturated rings. The van der Waals surface area contributed by atoms with Gasteiger partial charge in [-0.05, 0) is 50.1 Å². The second kappa shape index (κ2) is 10.2. The van der Waals surface area contributed by atoms with Crippen LogP contribution in [-0.4, -0.2) is 26.4 Å². The number of para-hydroxylation sites is 1. The molecule has 0 spiro atoms. The highest BCUT2D eigenvalue weighted by molar-refractivity contribution is 7.99. The number of thioether (sulfide) groups is 1. The number of hydrogen-bond donors (Lipinski definition) is 1. The highest BCUT2D eigenvalue weighted by Gasteiger charge is 2.15. The van der Waals surface area contributed by atoms with E-state index in [1.165, 1.54) is 11.8 Å². The highest BCUT2D eigenvalue weighted by Crippen LogP contribution is 2.27. The molecule has 1 aromatic heterocycles. The number of benzene rings is 2. The molecule has 30 heavy (non-hydrogen) atoms. The van der Waals surface area contributed by atoms with Gasteiger partial charge in [0.2, 0.25) is 5.91 Å². The fourth-order valence-electron chi connectivity index (χ4n) is 2.92. The molecule has 0 aliphatic heterocycles. The number of carbonyl (C=O) groups is 1. The fourth-order valence-corrected chi connectivity index (χ4v) is 4.08. The number of hydrogen-bond acceptors (Lipinski definition) is 5. The van der Waals surface area contributed by atoms with Crippen molar-refractivity contribution in [1.82, 2.24) is 14.8 Å². The van der Waals surface area contributed by atoms with Crippen molar-refractivity contribution >= 4 is 46.6 Å². The van der Waals surface area contributed by atoms with Gasteiger partial charge in [0, 0.05) is 11.6 Å². The summed E-state index contributed by atoms with van der Waals surface area (Å²) in [4.78, 5) is 12.3. The summed E-state index contributed by atoms with van der Waals surface area (Å²) < 4.78 is 7.94. The minimum atomic E-state index is -0.205. The summed E-state index contributed by atoms with van der Waals surface area (Å²) in [5.41, 5.74) is 2.63. The number of ether oxygens (including phenoxy) is 1. The Morgan fingerprint density at radius 2 is 1.90 bits per heavy atom. The summed E-state index contributed by atoms with van der Waals surface area (Å²) >= 11 is 13.4.